The Bertz CT molecular complexity index is 420. The second-order valence-electron chi connectivity index (χ2n) is 4.74. The van der Waals surface area contributed by atoms with E-state index in [-0.39, 0.29) is 12.5 Å². The molecule has 2 rings (SSSR count). The SMILES string of the molecule is O=C(COCC1CCNCC1)Nc1ccccc1Br. The Balaban J connectivity index is 1.68. The maximum absolute atomic E-state index is 11.7. The van der Waals surface area contributed by atoms with Gasteiger partial charge in [0.05, 0.1) is 12.3 Å². The van der Waals surface area contributed by atoms with Gasteiger partial charge in [0.15, 0.2) is 0 Å². The Morgan fingerprint density at radius 2 is 2.11 bits per heavy atom. The van der Waals surface area contributed by atoms with Crippen LogP contribution in [0.1, 0.15) is 12.8 Å². The molecule has 0 aromatic heterocycles. The molecule has 0 radical (unpaired) electrons. The zero-order valence-corrected chi connectivity index (χ0v) is 12.4. The number of rotatable bonds is 5. The summed E-state index contributed by atoms with van der Waals surface area (Å²) in [5.41, 5.74) is 0.776. The number of piperidine rings is 1. The summed E-state index contributed by atoms with van der Waals surface area (Å²) in [6, 6.07) is 7.55. The number of halogens is 1. The van der Waals surface area contributed by atoms with Gasteiger partial charge in [0, 0.05) is 4.47 Å². The molecule has 1 amide bonds. The molecule has 19 heavy (non-hydrogen) atoms. The number of hydrogen-bond acceptors (Lipinski definition) is 3. The van der Waals surface area contributed by atoms with Gasteiger partial charge in [0.1, 0.15) is 6.61 Å². The van der Waals surface area contributed by atoms with Gasteiger partial charge >= 0.3 is 0 Å². The monoisotopic (exact) mass is 326 g/mol. The maximum atomic E-state index is 11.7. The molecule has 0 bridgehead atoms. The maximum Gasteiger partial charge on any atom is 0.250 e. The van der Waals surface area contributed by atoms with E-state index < -0.39 is 0 Å². The average molecular weight is 327 g/mol. The van der Waals surface area contributed by atoms with E-state index in [1.54, 1.807) is 0 Å². The summed E-state index contributed by atoms with van der Waals surface area (Å²) in [5.74, 6) is 0.471. The Hall–Kier alpha value is -0.910. The van der Waals surface area contributed by atoms with Gasteiger partial charge in [-0.05, 0) is 59.9 Å². The number of carbonyl (C=O) groups excluding carboxylic acids is 1. The molecule has 0 spiro atoms. The van der Waals surface area contributed by atoms with Gasteiger partial charge in [0.25, 0.3) is 0 Å². The van der Waals surface area contributed by atoms with Gasteiger partial charge in [0.2, 0.25) is 5.91 Å². The van der Waals surface area contributed by atoms with E-state index in [1.165, 1.54) is 0 Å². The van der Waals surface area contributed by atoms with Crippen LogP contribution in [-0.4, -0.2) is 32.2 Å². The highest BCUT2D eigenvalue weighted by molar-refractivity contribution is 9.10. The van der Waals surface area contributed by atoms with Gasteiger partial charge in [-0.3, -0.25) is 4.79 Å². The van der Waals surface area contributed by atoms with Crippen LogP contribution in [-0.2, 0) is 9.53 Å². The number of nitrogens with one attached hydrogen (secondary N) is 2. The lowest BCUT2D eigenvalue weighted by atomic mass is 9.99. The summed E-state index contributed by atoms with van der Waals surface area (Å²) < 4.78 is 6.37. The molecule has 1 aromatic rings. The zero-order chi connectivity index (χ0) is 13.5. The Morgan fingerprint density at radius 3 is 2.84 bits per heavy atom. The summed E-state index contributed by atoms with van der Waals surface area (Å²) in [4.78, 5) is 11.7. The van der Waals surface area contributed by atoms with Crippen LogP contribution in [0.4, 0.5) is 5.69 Å². The Morgan fingerprint density at radius 1 is 1.37 bits per heavy atom. The second kappa shape index (κ2) is 7.62. The molecule has 1 aliphatic heterocycles. The lowest BCUT2D eigenvalue weighted by Crippen LogP contribution is -2.30. The second-order valence-corrected chi connectivity index (χ2v) is 5.59. The van der Waals surface area contributed by atoms with Gasteiger partial charge in [-0.25, -0.2) is 0 Å². The highest BCUT2D eigenvalue weighted by atomic mass is 79.9. The number of carbonyl (C=O) groups is 1. The summed E-state index contributed by atoms with van der Waals surface area (Å²) in [5, 5.41) is 6.14. The fourth-order valence-corrected chi connectivity index (χ4v) is 2.50. The number of anilines is 1. The average Bonchev–Trinajstić information content (AvgIpc) is 2.43. The first-order valence-electron chi connectivity index (χ1n) is 6.58. The van der Waals surface area contributed by atoms with Crippen molar-refractivity contribution >= 4 is 27.5 Å². The third-order valence-corrected chi connectivity index (χ3v) is 3.88. The van der Waals surface area contributed by atoms with Crippen molar-refractivity contribution in [3.63, 3.8) is 0 Å². The van der Waals surface area contributed by atoms with Gasteiger partial charge in [-0.15, -0.1) is 0 Å². The highest BCUT2D eigenvalue weighted by Gasteiger charge is 2.13. The number of ether oxygens (including phenoxy) is 1. The van der Waals surface area contributed by atoms with Crippen LogP contribution in [0.5, 0.6) is 0 Å². The molecule has 1 aliphatic rings. The molecule has 1 heterocycles. The van der Waals surface area contributed by atoms with Crippen LogP contribution in [0.15, 0.2) is 28.7 Å². The summed E-state index contributed by atoms with van der Waals surface area (Å²) >= 11 is 3.39. The molecule has 1 aromatic carbocycles. The van der Waals surface area contributed by atoms with Crippen LogP contribution >= 0.6 is 15.9 Å². The van der Waals surface area contributed by atoms with Crippen molar-refractivity contribution in [3.05, 3.63) is 28.7 Å². The quantitative estimate of drug-likeness (QED) is 0.873. The van der Waals surface area contributed by atoms with E-state index in [2.05, 4.69) is 26.6 Å². The van der Waals surface area contributed by atoms with Crippen molar-refractivity contribution < 1.29 is 9.53 Å². The van der Waals surface area contributed by atoms with E-state index in [4.69, 9.17) is 4.74 Å². The van der Waals surface area contributed by atoms with E-state index >= 15 is 0 Å². The molecular formula is C14H19BrN2O2. The van der Waals surface area contributed by atoms with Gasteiger partial charge < -0.3 is 15.4 Å². The first-order valence-corrected chi connectivity index (χ1v) is 7.38. The molecule has 1 saturated heterocycles. The third-order valence-electron chi connectivity index (χ3n) is 3.19. The smallest absolute Gasteiger partial charge is 0.250 e. The third kappa shape index (κ3) is 4.93. The van der Waals surface area contributed by atoms with Gasteiger partial charge in [-0.1, -0.05) is 12.1 Å². The van der Waals surface area contributed by atoms with Crippen LogP contribution in [0.3, 0.4) is 0 Å². The number of para-hydroxylation sites is 1. The summed E-state index contributed by atoms with van der Waals surface area (Å²) in [6.07, 6.45) is 2.26. The Labute approximate surface area is 122 Å². The molecule has 0 aliphatic carbocycles. The van der Waals surface area contributed by atoms with Crippen molar-refractivity contribution in [1.82, 2.24) is 5.32 Å². The molecule has 0 unspecified atom stereocenters. The minimum atomic E-state index is -0.110. The fourth-order valence-electron chi connectivity index (χ4n) is 2.12. The number of hydrogen-bond donors (Lipinski definition) is 2. The van der Waals surface area contributed by atoms with E-state index in [1.807, 2.05) is 24.3 Å². The normalized spacial score (nSPS) is 16.3. The molecule has 4 nitrogen and oxygen atoms in total. The van der Waals surface area contributed by atoms with Crippen LogP contribution in [0, 0.1) is 5.92 Å². The summed E-state index contributed by atoms with van der Waals surface area (Å²) in [7, 11) is 0. The summed E-state index contributed by atoms with van der Waals surface area (Å²) in [6.45, 7) is 2.89. The Kier molecular flexibility index (Phi) is 5.82. The predicted molar refractivity (Wildman–Crippen MR) is 79.2 cm³/mol. The van der Waals surface area contributed by atoms with Crippen LogP contribution in [0.2, 0.25) is 0 Å². The molecular weight excluding hydrogens is 308 g/mol. The molecule has 0 atom stereocenters. The van der Waals surface area contributed by atoms with Crippen molar-refractivity contribution in [2.24, 2.45) is 5.92 Å². The molecule has 1 fully saturated rings. The number of benzene rings is 1. The van der Waals surface area contributed by atoms with Crippen molar-refractivity contribution in [2.75, 3.05) is 31.6 Å². The van der Waals surface area contributed by atoms with Crippen molar-refractivity contribution in [1.29, 1.82) is 0 Å². The number of amides is 1. The van der Waals surface area contributed by atoms with Crippen molar-refractivity contribution in [2.45, 2.75) is 12.8 Å². The van der Waals surface area contributed by atoms with E-state index in [0.29, 0.717) is 12.5 Å². The van der Waals surface area contributed by atoms with Crippen LogP contribution in [0.25, 0.3) is 0 Å². The van der Waals surface area contributed by atoms with Crippen LogP contribution < -0.4 is 10.6 Å². The zero-order valence-electron chi connectivity index (χ0n) is 10.8. The van der Waals surface area contributed by atoms with Gasteiger partial charge in [-0.2, -0.15) is 0 Å². The minimum Gasteiger partial charge on any atom is -0.371 e. The fraction of sp³-hybridized carbons (Fsp3) is 0.500. The largest absolute Gasteiger partial charge is 0.371 e. The van der Waals surface area contributed by atoms with E-state index in [0.717, 1.165) is 36.1 Å². The minimum absolute atomic E-state index is 0.110. The molecule has 0 saturated carbocycles. The highest BCUT2D eigenvalue weighted by Crippen LogP contribution is 2.21. The molecule has 5 heteroatoms. The molecule has 104 valence electrons. The predicted octanol–water partition coefficient (Wildman–Crippen LogP) is 2.40. The first kappa shape index (κ1) is 14.5. The molecule has 2 N–H and O–H groups in total. The lowest BCUT2D eigenvalue weighted by molar-refractivity contribution is -0.121. The lowest BCUT2D eigenvalue weighted by Gasteiger charge is -2.22. The van der Waals surface area contributed by atoms with Crippen molar-refractivity contribution in [3.8, 4) is 0 Å². The van der Waals surface area contributed by atoms with E-state index in [9.17, 15) is 4.79 Å². The standard InChI is InChI=1S/C14H19BrN2O2/c15-12-3-1-2-4-13(12)17-14(18)10-19-9-11-5-7-16-8-6-11/h1-4,11,16H,5-10H2,(H,17,18). The topological polar surface area (TPSA) is 50.4 Å². The first-order chi connectivity index (χ1) is 9.25.